The summed E-state index contributed by atoms with van der Waals surface area (Å²) in [5.41, 5.74) is 2.37. The van der Waals surface area contributed by atoms with Crippen molar-refractivity contribution in [1.29, 1.82) is 0 Å². The molecule has 5 nitrogen and oxygen atoms in total. The van der Waals surface area contributed by atoms with E-state index in [1.54, 1.807) is 6.33 Å². The van der Waals surface area contributed by atoms with E-state index in [1.165, 1.54) is 5.56 Å². The van der Waals surface area contributed by atoms with E-state index < -0.39 is 7.12 Å². The van der Waals surface area contributed by atoms with Gasteiger partial charge in [-0.3, -0.25) is 4.57 Å². The molecule has 0 amide bonds. The average molecular weight is 346 g/mol. The molecule has 3 heterocycles. The van der Waals surface area contributed by atoms with E-state index in [0.29, 0.717) is 10.9 Å². The first kappa shape index (κ1) is 16.1. The predicted octanol–water partition coefficient (Wildman–Crippen LogP) is 2.88. The lowest BCUT2D eigenvalue weighted by molar-refractivity contribution is 0.00578. The average Bonchev–Trinajstić information content (AvgIpc) is 3.02. The van der Waals surface area contributed by atoms with Gasteiger partial charge in [0.2, 0.25) is 0 Å². The molecule has 0 saturated carbocycles. The van der Waals surface area contributed by atoms with Crippen LogP contribution in [-0.2, 0) is 15.7 Å². The van der Waals surface area contributed by atoms with Crippen molar-refractivity contribution in [3.63, 3.8) is 0 Å². The molecule has 1 unspecified atom stereocenters. The fourth-order valence-corrected chi connectivity index (χ4v) is 3.73. The van der Waals surface area contributed by atoms with Gasteiger partial charge in [0.05, 0.1) is 21.9 Å². The first-order chi connectivity index (χ1) is 11.2. The number of rotatable bonds is 1. The van der Waals surface area contributed by atoms with Crippen molar-refractivity contribution in [1.82, 2.24) is 14.8 Å². The lowest BCUT2D eigenvalue weighted by Crippen LogP contribution is -2.41. The highest BCUT2D eigenvalue weighted by Gasteiger charge is 2.52. The largest absolute Gasteiger partial charge is 0.494 e. The second-order valence-electron chi connectivity index (χ2n) is 7.76. The highest BCUT2D eigenvalue weighted by atomic mass is 35.5. The van der Waals surface area contributed by atoms with Gasteiger partial charge in [-0.15, -0.1) is 10.2 Å². The fraction of sp³-hybridized carbons (Fsp3) is 0.529. The Hall–Kier alpha value is -1.37. The Bertz CT molecular complexity index is 802. The molecule has 0 radical (unpaired) electrons. The Labute approximate surface area is 147 Å². The van der Waals surface area contributed by atoms with Gasteiger partial charge in [0, 0.05) is 5.92 Å². The van der Waals surface area contributed by atoms with Crippen molar-refractivity contribution in [3.05, 3.63) is 34.9 Å². The van der Waals surface area contributed by atoms with Gasteiger partial charge in [-0.1, -0.05) is 24.6 Å². The first-order valence-corrected chi connectivity index (χ1v) is 8.66. The predicted molar refractivity (Wildman–Crippen MR) is 94.2 cm³/mol. The summed E-state index contributed by atoms with van der Waals surface area (Å²) in [5.74, 6) is 1.25. The van der Waals surface area contributed by atoms with Gasteiger partial charge in [-0.05, 0) is 51.2 Å². The third-order valence-corrected chi connectivity index (χ3v) is 5.76. The monoisotopic (exact) mass is 345 g/mol. The molecule has 0 N–H and O–H groups in total. The molecule has 2 aliphatic heterocycles. The summed E-state index contributed by atoms with van der Waals surface area (Å²) in [5, 5.41) is 8.93. The number of fused-ring (bicyclic) bond motifs is 3. The van der Waals surface area contributed by atoms with E-state index in [2.05, 4.69) is 50.9 Å². The summed E-state index contributed by atoms with van der Waals surface area (Å²) < 4.78 is 14.3. The van der Waals surface area contributed by atoms with Crippen LogP contribution >= 0.6 is 11.6 Å². The van der Waals surface area contributed by atoms with Crippen LogP contribution in [0.1, 0.15) is 51.9 Å². The van der Waals surface area contributed by atoms with E-state index in [4.69, 9.17) is 20.9 Å². The number of halogens is 1. The van der Waals surface area contributed by atoms with Crippen LogP contribution in [0.25, 0.3) is 5.69 Å². The molecule has 24 heavy (non-hydrogen) atoms. The number of nitrogens with zero attached hydrogens (tertiary/aromatic N) is 3. The summed E-state index contributed by atoms with van der Waals surface area (Å²) in [6.07, 6.45) is 2.60. The van der Waals surface area contributed by atoms with Crippen LogP contribution in [0, 0.1) is 0 Å². The van der Waals surface area contributed by atoms with Crippen LogP contribution in [0.5, 0.6) is 0 Å². The highest BCUT2D eigenvalue weighted by molar-refractivity contribution is 6.62. The van der Waals surface area contributed by atoms with Gasteiger partial charge in [-0.25, -0.2) is 0 Å². The van der Waals surface area contributed by atoms with E-state index in [-0.39, 0.29) is 11.2 Å². The van der Waals surface area contributed by atoms with Crippen LogP contribution < -0.4 is 5.46 Å². The molecule has 0 bridgehead atoms. The van der Waals surface area contributed by atoms with Crippen LogP contribution in [0.3, 0.4) is 0 Å². The Balaban J connectivity index is 1.78. The minimum atomic E-state index is -0.407. The van der Waals surface area contributed by atoms with Gasteiger partial charge in [0.1, 0.15) is 12.2 Å². The Morgan fingerprint density at radius 3 is 2.54 bits per heavy atom. The highest BCUT2D eigenvalue weighted by Crippen LogP contribution is 2.38. The zero-order chi connectivity index (χ0) is 17.3. The zero-order valence-corrected chi connectivity index (χ0v) is 15.4. The molecule has 2 aliphatic rings. The molecule has 0 aliphatic carbocycles. The second-order valence-corrected chi connectivity index (χ2v) is 8.17. The van der Waals surface area contributed by atoms with Crippen molar-refractivity contribution in [2.45, 2.75) is 58.2 Å². The molecule has 1 aromatic heterocycles. The van der Waals surface area contributed by atoms with Gasteiger partial charge in [0.25, 0.3) is 0 Å². The van der Waals surface area contributed by atoms with Gasteiger partial charge >= 0.3 is 7.12 Å². The van der Waals surface area contributed by atoms with Crippen molar-refractivity contribution in [2.75, 3.05) is 0 Å². The Morgan fingerprint density at radius 2 is 1.88 bits per heavy atom. The molecular formula is C17H21BClN3O2. The normalized spacial score (nSPS) is 23.9. The third kappa shape index (κ3) is 2.24. The standard InChI is InChI=1S/C17H21BClN3O2/c1-10-6-11-7-12(18-23-16(2,3)17(4,5)24-18)8-13(19)14(11)22-9-20-21-15(10)22/h7-10H,6H2,1-5H3. The Kier molecular flexibility index (Phi) is 3.40. The maximum absolute atomic E-state index is 6.61. The number of hydrogen-bond acceptors (Lipinski definition) is 4. The molecule has 1 atom stereocenters. The molecule has 0 spiro atoms. The van der Waals surface area contributed by atoms with Crippen LogP contribution in [-0.4, -0.2) is 33.1 Å². The zero-order valence-electron chi connectivity index (χ0n) is 14.6. The number of hydrogen-bond donors (Lipinski definition) is 0. The first-order valence-electron chi connectivity index (χ1n) is 8.28. The maximum atomic E-state index is 6.61. The number of benzene rings is 1. The van der Waals surface area contributed by atoms with E-state index in [1.807, 2.05) is 10.6 Å². The smallest absolute Gasteiger partial charge is 0.399 e. The van der Waals surface area contributed by atoms with Gasteiger partial charge < -0.3 is 9.31 Å². The molecular weight excluding hydrogens is 324 g/mol. The minimum Gasteiger partial charge on any atom is -0.399 e. The van der Waals surface area contributed by atoms with Crippen LogP contribution in [0.2, 0.25) is 5.02 Å². The van der Waals surface area contributed by atoms with Crippen LogP contribution in [0.4, 0.5) is 0 Å². The van der Waals surface area contributed by atoms with Gasteiger partial charge in [-0.2, -0.15) is 0 Å². The molecule has 4 rings (SSSR count). The van der Waals surface area contributed by atoms with Crippen LogP contribution in [0.15, 0.2) is 18.5 Å². The fourth-order valence-electron chi connectivity index (χ4n) is 3.39. The molecule has 1 fully saturated rings. The summed E-state index contributed by atoms with van der Waals surface area (Å²) in [6.45, 7) is 10.4. The van der Waals surface area contributed by atoms with Crippen molar-refractivity contribution >= 4 is 24.2 Å². The quantitative estimate of drug-likeness (QED) is 0.746. The summed E-state index contributed by atoms with van der Waals surface area (Å²) in [4.78, 5) is 0. The Morgan fingerprint density at radius 1 is 1.21 bits per heavy atom. The number of aromatic nitrogens is 3. The lowest BCUT2D eigenvalue weighted by atomic mass is 9.77. The third-order valence-electron chi connectivity index (χ3n) is 5.47. The summed E-state index contributed by atoms with van der Waals surface area (Å²) >= 11 is 6.61. The topological polar surface area (TPSA) is 49.2 Å². The van der Waals surface area contributed by atoms with Crippen molar-refractivity contribution in [2.24, 2.45) is 0 Å². The van der Waals surface area contributed by atoms with Crippen molar-refractivity contribution in [3.8, 4) is 5.69 Å². The van der Waals surface area contributed by atoms with Gasteiger partial charge in [0.15, 0.2) is 0 Å². The molecule has 7 heteroatoms. The van der Waals surface area contributed by atoms with E-state index >= 15 is 0 Å². The molecule has 1 aromatic carbocycles. The molecule has 2 aromatic rings. The second kappa shape index (κ2) is 5.07. The maximum Gasteiger partial charge on any atom is 0.494 e. The lowest BCUT2D eigenvalue weighted by Gasteiger charge is -2.32. The van der Waals surface area contributed by atoms with E-state index in [9.17, 15) is 0 Å². The molecule has 1 saturated heterocycles. The van der Waals surface area contributed by atoms with E-state index in [0.717, 1.165) is 23.4 Å². The SMILES string of the molecule is CC1Cc2cc(B3OC(C)(C)C(C)(C)O3)cc(Cl)c2-n2cnnc21. The minimum absolute atomic E-state index is 0.296. The molecule has 126 valence electrons. The summed E-state index contributed by atoms with van der Waals surface area (Å²) in [6, 6.07) is 4.07. The summed E-state index contributed by atoms with van der Waals surface area (Å²) in [7, 11) is -0.407. The van der Waals surface area contributed by atoms with Crippen molar-refractivity contribution < 1.29 is 9.31 Å².